The number of piperazine rings is 1. The Hall–Kier alpha value is -3.94. The highest BCUT2D eigenvalue weighted by atomic mass is 19.1. The van der Waals surface area contributed by atoms with Crippen molar-refractivity contribution >= 4 is 23.4 Å². The van der Waals surface area contributed by atoms with E-state index in [2.05, 4.69) is 5.32 Å². The average molecular weight is 448 g/mol. The zero-order chi connectivity index (χ0) is 23.4. The molecule has 4 rings (SSSR count). The van der Waals surface area contributed by atoms with Crippen LogP contribution < -0.4 is 5.32 Å². The first kappa shape index (κ1) is 22.3. The first-order valence-corrected chi connectivity index (χ1v) is 10.8. The second kappa shape index (κ2) is 9.68. The standard InChI is InChI=1S/C25H25FN4O3/c1-18-4-10-21(11-5-18)27-23(31)17-30-12-2-3-22(30)25(33)29-15-13-28(14-16-29)24(32)19-6-8-20(26)9-7-19/h2-12H,13-17H2,1H3,(H,27,31). The van der Waals surface area contributed by atoms with Crippen LogP contribution in [0.4, 0.5) is 10.1 Å². The van der Waals surface area contributed by atoms with Crippen molar-refractivity contribution in [3.8, 4) is 0 Å². The van der Waals surface area contributed by atoms with Gasteiger partial charge in [-0.25, -0.2) is 4.39 Å². The second-order valence-corrected chi connectivity index (χ2v) is 8.03. The van der Waals surface area contributed by atoms with Gasteiger partial charge in [0.2, 0.25) is 5.91 Å². The molecule has 170 valence electrons. The first-order chi connectivity index (χ1) is 15.9. The number of carbonyl (C=O) groups is 3. The predicted molar refractivity (Wildman–Crippen MR) is 122 cm³/mol. The van der Waals surface area contributed by atoms with E-state index in [0.717, 1.165) is 5.56 Å². The molecule has 0 radical (unpaired) electrons. The lowest BCUT2D eigenvalue weighted by atomic mass is 10.1. The van der Waals surface area contributed by atoms with Crippen LogP contribution in [0, 0.1) is 12.7 Å². The highest BCUT2D eigenvalue weighted by Gasteiger charge is 2.27. The molecular formula is C25H25FN4O3. The summed E-state index contributed by atoms with van der Waals surface area (Å²) in [5.74, 6) is -0.980. The van der Waals surface area contributed by atoms with E-state index in [1.54, 1.807) is 32.7 Å². The van der Waals surface area contributed by atoms with Crippen molar-refractivity contribution in [1.29, 1.82) is 0 Å². The SMILES string of the molecule is Cc1ccc(NC(=O)Cn2cccc2C(=O)N2CCN(C(=O)c3ccc(F)cc3)CC2)cc1. The van der Waals surface area contributed by atoms with E-state index >= 15 is 0 Å². The van der Waals surface area contributed by atoms with E-state index in [9.17, 15) is 18.8 Å². The molecule has 0 aliphatic carbocycles. The third kappa shape index (κ3) is 5.28. The summed E-state index contributed by atoms with van der Waals surface area (Å²) in [4.78, 5) is 41.5. The van der Waals surface area contributed by atoms with Crippen LogP contribution in [-0.2, 0) is 11.3 Å². The van der Waals surface area contributed by atoms with Gasteiger partial charge in [-0.15, -0.1) is 0 Å². The van der Waals surface area contributed by atoms with Gasteiger partial charge in [0.25, 0.3) is 11.8 Å². The molecule has 1 fully saturated rings. The summed E-state index contributed by atoms with van der Waals surface area (Å²) in [6.45, 7) is 3.53. The van der Waals surface area contributed by atoms with E-state index in [4.69, 9.17) is 0 Å². The maximum atomic E-state index is 13.1. The summed E-state index contributed by atoms with van der Waals surface area (Å²) >= 11 is 0. The fourth-order valence-electron chi connectivity index (χ4n) is 3.79. The third-order valence-corrected chi connectivity index (χ3v) is 5.64. The number of hydrogen-bond donors (Lipinski definition) is 1. The van der Waals surface area contributed by atoms with Crippen LogP contribution in [0.1, 0.15) is 26.4 Å². The van der Waals surface area contributed by atoms with Crippen molar-refractivity contribution in [2.75, 3.05) is 31.5 Å². The largest absolute Gasteiger partial charge is 0.335 e. The minimum atomic E-state index is -0.391. The molecule has 8 heteroatoms. The predicted octanol–water partition coefficient (Wildman–Crippen LogP) is 3.17. The number of nitrogens with zero attached hydrogens (tertiary/aromatic N) is 3. The quantitative estimate of drug-likeness (QED) is 0.652. The second-order valence-electron chi connectivity index (χ2n) is 8.03. The topological polar surface area (TPSA) is 74.7 Å². The smallest absolute Gasteiger partial charge is 0.270 e. The van der Waals surface area contributed by atoms with Crippen molar-refractivity contribution in [2.45, 2.75) is 13.5 Å². The number of anilines is 1. The molecule has 1 aromatic heterocycles. The van der Waals surface area contributed by atoms with Gasteiger partial charge in [0, 0.05) is 43.6 Å². The normalized spacial score (nSPS) is 13.6. The molecule has 3 aromatic rings. The Kier molecular flexibility index (Phi) is 6.53. The fourth-order valence-corrected chi connectivity index (χ4v) is 3.79. The summed E-state index contributed by atoms with van der Waals surface area (Å²) in [6.07, 6.45) is 1.70. The zero-order valence-electron chi connectivity index (χ0n) is 18.3. The van der Waals surface area contributed by atoms with Gasteiger partial charge in [-0.1, -0.05) is 17.7 Å². The van der Waals surface area contributed by atoms with Gasteiger partial charge in [0.15, 0.2) is 0 Å². The number of rotatable bonds is 5. The Balaban J connectivity index is 1.34. The maximum Gasteiger partial charge on any atom is 0.270 e. The van der Waals surface area contributed by atoms with Gasteiger partial charge in [0.1, 0.15) is 18.1 Å². The minimum Gasteiger partial charge on any atom is -0.335 e. The molecule has 2 aromatic carbocycles. The van der Waals surface area contributed by atoms with E-state index < -0.39 is 5.82 Å². The molecular weight excluding hydrogens is 423 g/mol. The van der Waals surface area contributed by atoms with E-state index in [0.29, 0.717) is 43.1 Å². The molecule has 7 nitrogen and oxygen atoms in total. The molecule has 1 saturated heterocycles. The summed E-state index contributed by atoms with van der Waals surface area (Å²) in [6, 6.07) is 16.4. The van der Waals surface area contributed by atoms with Gasteiger partial charge < -0.3 is 19.7 Å². The van der Waals surface area contributed by atoms with Crippen molar-refractivity contribution in [2.24, 2.45) is 0 Å². The van der Waals surface area contributed by atoms with Crippen LogP contribution in [0.15, 0.2) is 66.9 Å². The van der Waals surface area contributed by atoms with E-state index in [-0.39, 0.29) is 24.3 Å². The molecule has 0 atom stereocenters. The molecule has 33 heavy (non-hydrogen) atoms. The Morgan fingerprint density at radius 3 is 2.09 bits per heavy atom. The number of aromatic nitrogens is 1. The van der Waals surface area contributed by atoms with Crippen molar-refractivity contribution in [3.63, 3.8) is 0 Å². The van der Waals surface area contributed by atoms with Crippen molar-refractivity contribution < 1.29 is 18.8 Å². The van der Waals surface area contributed by atoms with E-state index in [1.807, 2.05) is 31.2 Å². The van der Waals surface area contributed by atoms with Crippen molar-refractivity contribution in [3.05, 3.63) is 89.5 Å². The number of amides is 3. The Labute approximate surface area is 191 Å². The molecule has 0 bridgehead atoms. The summed E-state index contributed by atoms with van der Waals surface area (Å²) in [7, 11) is 0. The number of benzene rings is 2. The average Bonchev–Trinajstić information content (AvgIpc) is 3.28. The molecule has 1 N–H and O–H groups in total. The molecule has 0 saturated carbocycles. The first-order valence-electron chi connectivity index (χ1n) is 10.8. The molecule has 1 aliphatic heterocycles. The van der Waals surface area contributed by atoms with Crippen LogP contribution in [-0.4, -0.2) is 58.3 Å². The Bertz CT molecular complexity index is 1150. The van der Waals surface area contributed by atoms with Gasteiger partial charge >= 0.3 is 0 Å². The molecule has 0 spiro atoms. The molecule has 3 amide bonds. The van der Waals surface area contributed by atoms with Crippen LogP contribution >= 0.6 is 0 Å². The van der Waals surface area contributed by atoms with Crippen LogP contribution in [0.2, 0.25) is 0 Å². The van der Waals surface area contributed by atoms with Crippen LogP contribution in [0.25, 0.3) is 0 Å². The van der Waals surface area contributed by atoms with E-state index in [1.165, 1.54) is 24.3 Å². The lowest BCUT2D eigenvalue weighted by Crippen LogP contribution is -2.51. The number of carbonyl (C=O) groups excluding carboxylic acids is 3. The van der Waals surface area contributed by atoms with Crippen LogP contribution in [0.3, 0.4) is 0 Å². The molecule has 1 aliphatic rings. The summed E-state index contributed by atoms with van der Waals surface area (Å²) in [5, 5.41) is 2.84. The third-order valence-electron chi connectivity index (χ3n) is 5.64. The van der Waals surface area contributed by atoms with Crippen LogP contribution in [0.5, 0.6) is 0 Å². The van der Waals surface area contributed by atoms with Gasteiger partial charge in [-0.2, -0.15) is 0 Å². The highest BCUT2D eigenvalue weighted by Crippen LogP contribution is 2.14. The summed E-state index contributed by atoms with van der Waals surface area (Å²) < 4.78 is 14.7. The maximum absolute atomic E-state index is 13.1. The summed E-state index contributed by atoms with van der Waals surface area (Å²) in [5.41, 5.74) is 2.65. The number of aryl methyl sites for hydroxylation is 1. The fraction of sp³-hybridized carbons (Fsp3) is 0.240. The Morgan fingerprint density at radius 2 is 1.45 bits per heavy atom. The van der Waals surface area contributed by atoms with Crippen molar-refractivity contribution in [1.82, 2.24) is 14.4 Å². The molecule has 2 heterocycles. The van der Waals surface area contributed by atoms with Gasteiger partial charge in [-0.05, 0) is 55.5 Å². The zero-order valence-corrected chi connectivity index (χ0v) is 18.3. The minimum absolute atomic E-state index is 0.0188. The van der Waals surface area contributed by atoms with Gasteiger partial charge in [0.05, 0.1) is 0 Å². The lowest BCUT2D eigenvalue weighted by Gasteiger charge is -2.35. The van der Waals surface area contributed by atoms with Gasteiger partial charge in [-0.3, -0.25) is 14.4 Å². The monoisotopic (exact) mass is 448 g/mol. The highest BCUT2D eigenvalue weighted by molar-refractivity contribution is 5.96. The Morgan fingerprint density at radius 1 is 0.848 bits per heavy atom. The number of nitrogens with one attached hydrogen (secondary N) is 1. The number of hydrogen-bond acceptors (Lipinski definition) is 3. The lowest BCUT2D eigenvalue weighted by molar-refractivity contribution is -0.116. The number of halogens is 1. The molecule has 0 unspecified atom stereocenters.